The van der Waals surface area contributed by atoms with Crippen molar-refractivity contribution in [3.8, 4) is 0 Å². The molecule has 0 aliphatic rings. The van der Waals surface area contributed by atoms with E-state index in [2.05, 4.69) is 21.2 Å². The van der Waals surface area contributed by atoms with Crippen LogP contribution < -0.4 is 5.32 Å². The third kappa shape index (κ3) is 3.28. The van der Waals surface area contributed by atoms with Crippen molar-refractivity contribution in [1.29, 1.82) is 0 Å². The van der Waals surface area contributed by atoms with Crippen LogP contribution >= 0.6 is 15.9 Å². The van der Waals surface area contributed by atoms with E-state index in [9.17, 15) is 9.18 Å². The number of carbonyl (C=O) groups is 1. The topological polar surface area (TPSA) is 38.3 Å². The number of nitrogens with one attached hydrogen (secondary N) is 1. The van der Waals surface area contributed by atoms with Crippen LogP contribution in [0.3, 0.4) is 0 Å². The number of methoxy groups -OCH3 is 1. The zero-order valence-corrected chi connectivity index (χ0v) is 9.97. The molecule has 1 unspecified atom stereocenters. The number of ether oxygens (including phenoxy) is 1. The number of halogens is 2. The van der Waals surface area contributed by atoms with E-state index in [0.717, 1.165) is 0 Å². The van der Waals surface area contributed by atoms with Crippen molar-refractivity contribution < 1.29 is 13.9 Å². The summed E-state index contributed by atoms with van der Waals surface area (Å²) < 4.78 is 18.0. The van der Waals surface area contributed by atoms with Crippen LogP contribution in [0.2, 0.25) is 0 Å². The number of hydrogen-bond donors (Lipinski definition) is 1. The van der Waals surface area contributed by atoms with E-state index in [1.807, 2.05) is 0 Å². The highest BCUT2D eigenvalue weighted by atomic mass is 79.9. The second-order valence-electron chi connectivity index (χ2n) is 3.00. The van der Waals surface area contributed by atoms with Gasteiger partial charge in [-0.1, -0.05) is 0 Å². The van der Waals surface area contributed by atoms with E-state index in [-0.39, 0.29) is 11.7 Å². The number of rotatable bonds is 3. The molecule has 0 radical (unpaired) electrons. The number of anilines is 1. The third-order valence-electron chi connectivity index (χ3n) is 1.91. The van der Waals surface area contributed by atoms with E-state index in [1.165, 1.54) is 25.3 Å². The number of benzene rings is 1. The van der Waals surface area contributed by atoms with Crippen molar-refractivity contribution in [2.45, 2.75) is 13.0 Å². The molecule has 1 atom stereocenters. The minimum atomic E-state index is -0.533. The lowest BCUT2D eigenvalue weighted by Crippen LogP contribution is -2.26. The number of amides is 1. The van der Waals surface area contributed by atoms with Crippen molar-refractivity contribution >= 4 is 27.5 Å². The van der Waals surface area contributed by atoms with Gasteiger partial charge < -0.3 is 10.1 Å². The normalized spacial score (nSPS) is 12.3. The average Bonchev–Trinajstić information content (AvgIpc) is 2.22. The van der Waals surface area contributed by atoms with Gasteiger partial charge in [0.1, 0.15) is 11.9 Å². The molecular weight excluding hydrogens is 265 g/mol. The van der Waals surface area contributed by atoms with Gasteiger partial charge in [-0.05, 0) is 41.1 Å². The van der Waals surface area contributed by atoms with Crippen LogP contribution in [0.25, 0.3) is 0 Å². The standard InChI is InChI=1S/C10H11BrFNO2/c1-6(15-2)10(14)13-7-3-4-9(12)8(11)5-7/h3-6H,1-2H3,(H,13,14). The van der Waals surface area contributed by atoms with Crippen LogP contribution in [0.5, 0.6) is 0 Å². The molecule has 3 nitrogen and oxygen atoms in total. The third-order valence-corrected chi connectivity index (χ3v) is 2.52. The molecule has 5 heteroatoms. The van der Waals surface area contributed by atoms with Crippen molar-refractivity contribution in [3.63, 3.8) is 0 Å². The summed E-state index contributed by atoms with van der Waals surface area (Å²) in [5.74, 6) is -0.635. The van der Waals surface area contributed by atoms with Crippen LogP contribution in [0.15, 0.2) is 22.7 Å². The molecule has 1 aromatic rings. The molecule has 1 amide bonds. The van der Waals surface area contributed by atoms with Gasteiger partial charge in [0, 0.05) is 12.8 Å². The smallest absolute Gasteiger partial charge is 0.253 e. The monoisotopic (exact) mass is 275 g/mol. The molecule has 0 heterocycles. The Bertz CT molecular complexity index is 370. The highest BCUT2D eigenvalue weighted by Crippen LogP contribution is 2.20. The summed E-state index contributed by atoms with van der Waals surface area (Å²) in [5.41, 5.74) is 0.525. The van der Waals surface area contributed by atoms with E-state index < -0.39 is 6.10 Å². The number of carbonyl (C=O) groups excluding carboxylic acids is 1. The molecule has 82 valence electrons. The predicted octanol–water partition coefficient (Wildman–Crippen LogP) is 2.56. The molecule has 0 aromatic heterocycles. The maximum Gasteiger partial charge on any atom is 0.253 e. The van der Waals surface area contributed by atoms with Crippen molar-refractivity contribution in [2.24, 2.45) is 0 Å². The number of hydrogen-bond acceptors (Lipinski definition) is 2. The Kier molecular flexibility index (Phi) is 4.23. The summed E-state index contributed by atoms with van der Waals surface area (Å²) >= 11 is 3.03. The minimum Gasteiger partial charge on any atom is -0.372 e. The zero-order chi connectivity index (χ0) is 11.4. The Balaban J connectivity index is 2.73. The van der Waals surface area contributed by atoms with Gasteiger partial charge in [-0.15, -0.1) is 0 Å². The lowest BCUT2D eigenvalue weighted by Gasteiger charge is -2.10. The first-order valence-electron chi connectivity index (χ1n) is 4.33. The fraction of sp³-hybridized carbons (Fsp3) is 0.300. The van der Waals surface area contributed by atoms with Crippen LogP contribution in [-0.2, 0) is 9.53 Å². The van der Waals surface area contributed by atoms with Gasteiger partial charge >= 0.3 is 0 Å². The second-order valence-corrected chi connectivity index (χ2v) is 3.85. The first-order chi connectivity index (χ1) is 7.04. The largest absolute Gasteiger partial charge is 0.372 e. The summed E-state index contributed by atoms with van der Waals surface area (Å²) in [6.45, 7) is 1.63. The Labute approximate surface area is 95.7 Å². The summed E-state index contributed by atoms with van der Waals surface area (Å²) in [6.07, 6.45) is -0.533. The molecule has 1 rings (SSSR count). The Morgan fingerprint density at radius 2 is 2.27 bits per heavy atom. The van der Waals surface area contributed by atoms with Gasteiger partial charge in [-0.2, -0.15) is 0 Å². The molecule has 0 bridgehead atoms. The fourth-order valence-electron chi connectivity index (χ4n) is 0.925. The maximum atomic E-state index is 12.9. The first-order valence-corrected chi connectivity index (χ1v) is 5.12. The highest BCUT2D eigenvalue weighted by Gasteiger charge is 2.11. The van der Waals surface area contributed by atoms with Crippen molar-refractivity contribution in [1.82, 2.24) is 0 Å². The molecule has 1 N–H and O–H groups in total. The van der Waals surface area contributed by atoms with E-state index in [1.54, 1.807) is 6.92 Å². The molecule has 0 saturated heterocycles. The lowest BCUT2D eigenvalue weighted by atomic mass is 10.3. The summed E-state index contributed by atoms with van der Waals surface area (Å²) in [4.78, 5) is 11.4. The van der Waals surface area contributed by atoms with E-state index in [4.69, 9.17) is 4.74 Å². The lowest BCUT2D eigenvalue weighted by molar-refractivity contribution is -0.124. The second kappa shape index (κ2) is 5.23. The summed E-state index contributed by atoms with van der Waals surface area (Å²) in [5, 5.41) is 2.60. The summed E-state index contributed by atoms with van der Waals surface area (Å²) in [7, 11) is 1.45. The molecule has 1 aromatic carbocycles. The van der Waals surface area contributed by atoms with Crippen LogP contribution in [0.1, 0.15) is 6.92 Å². The highest BCUT2D eigenvalue weighted by molar-refractivity contribution is 9.10. The fourth-order valence-corrected chi connectivity index (χ4v) is 1.30. The quantitative estimate of drug-likeness (QED) is 0.921. The molecule has 0 aliphatic carbocycles. The Morgan fingerprint density at radius 3 is 2.80 bits per heavy atom. The summed E-state index contributed by atoms with van der Waals surface area (Å²) in [6, 6.07) is 4.26. The first kappa shape index (κ1) is 12.1. The van der Waals surface area contributed by atoms with Gasteiger partial charge in [0.25, 0.3) is 5.91 Å². The SMILES string of the molecule is COC(C)C(=O)Nc1ccc(F)c(Br)c1. The van der Waals surface area contributed by atoms with E-state index >= 15 is 0 Å². The molecule has 0 spiro atoms. The van der Waals surface area contributed by atoms with Gasteiger partial charge in [0.15, 0.2) is 0 Å². The predicted molar refractivity (Wildman–Crippen MR) is 59.2 cm³/mol. The average molecular weight is 276 g/mol. The van der Waals surface area contributed by atoms with Crippen LogP contribution in [0.4, 0.5) is 10.1 Å². The van der Waals surface area contributed by atoms with Crippen molar-refractivity contribution in [3.05, 3.63) is 28.5 Å². The van der Waals surface area contributed by atoms with Crippen LogP contribution in [0, 0.1) is 5.82 Å². The Hall–Kier alpha value is -0.940. The molecular formula is C10H11BrFNO2. The Morgan fingerprint density at radius 1 is 1.60 bits per heavy atom. The molecule has 0 saturated carbocycles. The minimum absolute atomic E-state index is 0.268. The van der Waals surface area contributed by atoms with Gasteiger partial charge in [0.05, 0.1) is 4.47 Å². The zero-order valence-electron chi connectivity index (χ0n) is 8.38. The van der Waals surface area contributed by atoms with Gasteiger partial charge in [-0.3, -0.25) is 4.79 Å². The van der Waals surface area contributed by atoms with Crippen LogP contribution in [-0.4, -0.2) is 19.1 Å². The van der Waals surface area contributed by atoms with Gasteiger partial charge in [0.2, 0.25) is 0 Å². The van der Waals surface area contributed by atoms with Crippen molar-refractivity contribution in [2.75, 3.05) is 12.4 Å². The molecule has 0 fully saturated rings. The van der Waals surface area contributed by atoms with E-state index in [0.29, 0.717) is 10.2 Å². The maximum absolute atomic E-state index is 12.9. The molecule has 0 aliphatic heterocycles. The molecule has 15 heavy (non-hydrogen) atoms. The van der Waals surface area contributed by atoms with Gasteiger partial charge in [-0.25, -0.2) is 4.39 Å².